The van der Waals surface area contributed by atoms with Crippen molar-refractivity contribution < 1.29 is 4.52 Å². The minimum Gasteiger partial charge on any atom is -0.364 e. The summed E-state index contributed by atoms with van der Waals surface area (Å²) in [6, 6.07) is 0.509. The van der Waals surface area contributed by atoms with E-state index in [-0.39, 0.29) is 0 Å². The highest BCUT2D eigenvalue weighted by Crippen LogP contribution is 1.95. The van der Waals surface area contributed by atoms with Crippen LogP contribution in [0.25, 0.3) is 0 Å². The van der Waals surface area contributed by atoms with Gasteiger partial charge in [-0.1, -0.05) is 19.0 Å². The molecule has 3 heteroatoms. The van der Waals surface area contributed by atoms with Crippen molar-refractivity contribution in [2.24, 2.45) is 0 Å². The van der Waals surface area contributed by atoms with E-state index in [1.54, 1.807) is 12.5 Å². The van der Waals surface area contributed by atoms with Crippen LogP contribution in [0.3, 0.4) is 0 Å². The quantitative estimate of drug-likeness (QED) is 0.685. The molecule has 1 N–H and O–H groups in total. The average Bonchev–Trinajstić information content (AvgIpc) is 2.34. The molecule has 0 aliphatic carbocycles. The van der Waals surface area contributed by atoms with Crippen molar-refractivity contribution in [2.75, 3.05) is 0 Å². The van der Waals surface area contributed by atoms with Crippen molar-refractivity contribution in [1.82, 2.24) is 10.5 Å². The highest BCUT2D eigenvalue weighted by atomic mass is 16.5. The molecule has 0 aromatic carbocycles. The zero-order chi connectivity index (χ0) is 7.40. The molecular formula is C7H12N2O. The summed E-state index contributed by atoms with van der Waals surface area (Å²) >= 11 is 0. The van der Waals surface area contributed by atoms with Crippen LogP contribution in [0.15, 0.2) is 17.0 Å². The largest absolute Gasteiger partial charge is 0.364 e. The lowest BCUT2D eigenvalue weighted by Gasteiger charge is -2.04. The summed E-state index contributed by atoms with van der Waals surface area (Å²) < 4.78 is 4.66. The van der Waals surface area contributed by atoms with Crippen LogP contribution >= 0.6 is 0 Å². The fraction of sp³-hybridized carbons (Fsp3) is 0.571. The summed E-state index contributed by atoms with van der Waals surface area (Å²) in [7, 11) is 0. The second-order valence-corrected chi connectivity index (χ2v) is 2.57. The Balaban J connectivity index is 2.28. The summed E-state index contributed by atoms with van der Waals surface area (Å²) in [5.74, 6) is 0. The molecule has 0 spiro atoms. The molecule has 3 nitrogen and oxygen atoms in total. The number of nitrogens with zero attached hydrogens (tertiary/aromatic N) is 1. The maximum atomic E-state index is 4.66. The third-order valence-corrected chi connectivity index (χ3v) is 1.20. The monoisotopic (exact) mass is 140 g/mol. The second-order valence-electron chi connectivity index (χ2n) is 2.57. The van der Waals surface area contributed by atoms with Gasteiger partial charge in [-0.15, -0.1) is 0 Å². The Morgan fingerprint density at radius 2 is 2.50 bits per heavy atom. The van der Waals surface area contributed by atoms with Crippen LogP contribution in [0.5, 0.6) is 0 Å². The van der Waals surface area contributed by atoms with Crippen LogP contribution in [0.1, 0.15) is 19.4 Å². The number of hydrogen-bond donors (Lipinski definition) is 1. The summed E-state index contributed by atoms with van der Waals surface area (Å²) in [6.07, 6.45) is 3.37. The average molecular weight is 140 g/mol. The van der Waals surface area contributed by atoms with Gasteiger partial charge in [-0.3, -0.25) is 0 Å². The molecule has 56 valence electrons. The van der Waals surface area contributed by atoms with Crippen molar-refractivity contribution in [3.63, 3.8) is 0 Å². The first-order valence-corrected chi connectivity index (χ1v) is 3.40. The number of nitrogens with one attached hydrogen (secondary N) is 1. The normalized spacial score (nSPS) is 10.7. The Morgan fingerprint density at radius 1 is 1.70 bits per heavy atom. The molecule has 0 aliphatic rings. The fourth-order valence-corrected chi connectivity index (χ4v) is 0.636. The summed E-state index contributed by atoms with van der Waals surface area (Å²) in [5, 5.41) is 6.83. The molecule has 0 saturated carbocycles. The molecule has 10 heavy (non-hydrogen) atoms. The molecule has 0 aliphatic heterocycles. The van der Waals surface area contributed by atoms with Crippen LogP contribution < -0.4 is 5.32 Å². The highest BCUT2D eigenvalue weighted by molar-refractivity contribution is 4.99. The zero-order valence-corrected chi connectivity index (χ0v) is 6.29. The third kappa shape index (κ3) is 2.19. The van der Waals surface area contributed by atoms with E-state index >= 15 is 0 Å². The molecule has 0 amide bonds. The first-order chi connectivity index (χ1) is 4.79. The van der Waals surface area contributed by atoms with Gasteiger partial charge in [0.15, 0.2) is 0 Å². The molecule has 0 saturated heterocycles. The van der Waals surface area contributed by atoms with Gasteiger partial charge in [0.25, 0.3) is 0 Å². The topological polar surface area (TPSA) is 38.1 Å². The van der Waals surface area contributed by atoms with Crippen LogP contribution in [-0.4, -0.2) is 11.2 Å². The molecule has 1 heterocycles. The van der Waals surface area contributed by atoms with Crippen molar-refractivity contribution in [1.29, 1.82) is 0 Å². The number of hydrogen-bond acceptors (Lipinski definition) is 3. The number of rotatable bonds is 3. The van der Waals surface area contributed by atoms with Gasteiger partial charge >= 0.3 is 0 Å². The molecular weight excluding hydrogens is 128 g/mol. The molecule has 1 aromatic heterocycles. The highest BCUT2D eigenvalue weighted by Gasteiger charge is 1.95. The van der Waals surface area contributed by atoms with Crippen LogP contribution in [0.4, 0.5) is 0 Å². The SMILES string of the molecule is CC(C)NCc1cnoc1. The third-order valence-electron chi connectivity index (χ3n) is 1.20. The van der Waals surface area contributed by atoms with E-state index in [9.17, 15) is 0 Å². The van der Waals surface area contributed by atoms with E-state index in [4.69, 9.17) is 0 Å². The van der Waals surface area contributed by atoms with E-state index in [2.05, 4.69) is 28.8 Å². The Kier molecular flexibility index (Phi) is 2.45. The standard InChI is InChI=1S/C7H12N2O/c1-6(2)8-3-7-4-9-10-5-7/h4-6,8H,3H2,1-2H3. The van der Waals surface area contributed by atoms with E-state index in [1.165, 1.54) is 0 Å². The van der Waals surface area contributed by atoms with E-state index in [0.717, 1.165) is 12.1 Å². The van der Waals surface area contributed by atoms with Gasteiger partial charge in [0, 0.05) is 18.2 Å². The lowest BCUT2D eigenvalue weighted by Crippen LogP contribution is -2.21. The van der Waals surface area contributed by atoms with Gasteiger partial charge in [-0.2, -0.15) is 0 Å². The van der Waals surface area contributed by atoms with Gasteiger partial charge in [-0.05, 0) is 0 Å². The Hall–Kier alpha value is -0.830. The Morgan fingerprint density at radius 3 is 3.00 bits per heavy atom. The molecule has 1 rings (SSSR count). The van der Waals surface area contributed by atoms with Crippen LogP contribution in [0, 0.1) is 0 Å². The first-order valence-electron chi connectivity index (χ1n) is 3.40. The van der Waals surface area contributed by atoms with Crippen molar-refractivity contribution in [2.45, 2.75) is 26.4 Å². The first kappa shape index (κ1) is 7.28. The summed E-state index contributed by atoms with van der Waals surface area (Å²) in [4.78, 5) is 0. The molecule has 1 aromatic rings. The van der Waals surface area contributed by atoms with Crippen molar-refractivity contribution in [3.8, 4) is 0 Å². The van der Waals surface area contributed by atoms with Crippen molar-refractivity contribution in [3.05, 3.63) is 18.0 Å². The van der Waals surface area contributed by atoms with E-state index in [1.807, 2.05) is 0 Å². The van der Waals surface area contributed by atoms with Gasteiger partial charge < -0.3 is 9.84 Å². The molecule has 0 unspecified atom stereocenters. The Bertz CT molecular complexity index is 170. The minimum absolute atomic E-state index is 0.509. The van der Waals surface area contributed by atoms with Gasteiger partial charge in [-0.25, -0.2) is 0 Å². The Labute approximate surface area is 60.4 Å². The van der Waals surface area contributed by atoms with Gasteiger partial charge in [0.1, 0.15) is 6.26 Å². The smallest absolute Gasteiger partial charge is 0.128 e. The molecule has 0 fully saturated rings. The minimum atomic E-state index is 0.509. The summed E-state index contributed by atoms with van der Waals surface area (Å²) in [6.45, 7) is 5.04. The van der Waals surface area contributed by atoms with Gasteiger partial charge in [0.05, 0.1) is 6.20 Å². The van der Waals surface area contributed by atoms with E-state index in [0.29, 0.717) is 6.04 Å². The molecule has 0 radical (unpaired) electrons. The maximum absolute atomic E-state index is 4.66. The molecule has 0 atom stereocenters. The second kappa shape index (κ2) is 3.37. The number of aromatic nitrogens is 1. The summed E-state index contributed by atoms with van der Waals surface area (Å²) in [5.41, 5.74) is 1.09. The lowest BCUT2D eigenvalue weighted by atomic mass is 10.3. The fourth-order valence-electron chi connectivity index (χ4n) is 0.636. The van der Waals surface area contributed by atoms with Gasteiger partial charge in [0.2, 0.25) is 0 Å². The lowest BCUT2D eigenvalue weighted by molar-refractivity contribution is 0.418. The zero-order valence-electron chi connectivity index (χ0n) is 6.29. The molecule has 0 bridgehead atoms. The predicted molar refractivity (Wildman–Crippen MR) is 38.5 cm³/mol. The van der Waals surface area contributed by atoms with Crippen molar-refractivity contribution >= 4 is 0 Å². The van der Waals surface area contributed by atoms with Crippen LogP contribution in [-0.2, 0) is 6.54 Å². The van der Waals surface area contributed by atoms with E-state index < -0.39 is 0 Å². The maximum Gasteiger partial charge on any atom is 0.128 e. The predicted octanol–water partition coefficient (Wildman–Crippen LogP) is 1.17. The van der Waals surface area contributed by atoms with Crippen LogP contribution in [0.2, 0.25) is 0 Å².